The third-order valence-corrected chi connectivity index (χ3v) is 5.10. The van der Waals surface area contributed by atoms with Gasteiger partial charge in [-0.15, -0.1) is 0 Å². The second kappa shape index (κ2) is 9.35. The lowest BCUT2D eigenvalue weighted by molar-refractivity contribution is -0.160. The first-order chi connectivity index (χ1) is 14.6. The van der Waals surface area contributed by atoms with Crippen LogP contribution in [0.1, 0.15) is 50.6 Å². The highest BCUT2D eigenvalue weighted by molar-refractivity contribution is 6.30. The molecule has 0 amide bonds. The maximum atomic E-state index is 12.3. The maximum Gasteiger partial charge on any atom is 0.337 e. The monoisotopic (exact) mass is 441 g/mol. The van der Waals surface area contributed by atoms with E-state index in [2.05, 4.69) is 0 Å². The van der Waals surface area contributed by atoms with Crippen LogP contribution < -0.4 is 0 Å². The minimum Gasteiger partial charge on any atom is -0.479 e. The molecule has 1 N–H and O–H groups in total. The molecule has 0 fully saturated rings. The Morgan fingerprint density at radius 1 is 1.16 bits per heavy atom. The Hall–Kier alpha value is -2.47. The molecule has 5 nitrogen and oxygen atoms in total. The van der Waals surface area contributed by atoms with Crippen LogP contribution in [0.25, 0.3) is 22.0 Å². The molecule has 6 heteroatoms. The number of aryl methyl sites for hydroxylation is 1. The molecule has 1 heterocycles. The molecule has 3 rings (SSSR count). The van der Waals surface area contributed by atoms with Crippen molar-refractivity contribution in [3.05, 3.63) is 64.3 Å². The van der Waals surface area contributed by atoms with E-state index in [1.165, 1.54) is 0 Å². The smallest absolute Gasteiger partial charge is 0.337 e. The summed E-state index contributed by atoms with van der Waals surface area (Å²) in [5.41, 5.74) is 4.04. The molecular weight excluding hydrogens is 414 g/mol. The zero-order valence-corrected chi connectivity index (χ0v) is 19.3. The number of halogens is 1. The number of aromatic nitrogens is 1. The summed E-state index contributed by atoms with van der Waals surface area (Å²) in [5.74, 6) is -1.03. The standard InChI is InChI=1S/C25H28ClNO4/c1-6-30-14-18-11-12-19-20(27-18)13-15(2)21(23(24(28)29)31-25(3,4)5)22(19)16-7-9-17(26)10-8-16/h7-13,23H,6,14H2,1-5H3,(H,28,29)/t23-/m0/s1. The van der Waals surface area contributed by atoms with E-state index in [-0.39, 0.29) is 0 Å². The predicted molar refractivity (Wildman–Crippen MR) is 123 cm³/mol. The number of aliphatic carboxylic acids is 1. The lowest BCUT2D eigenvalue weighted by atomic mass is 9.88. The van der Waals surface area contributed by atoms with Crippen molar-refractivity contribution in [2.75, 3.05) is 6.61 Å². The first kappa shape index (κ1) is 23.2. The summed E-state index contributed by atoms with van der Waals surface area (Å²) < 4.78 is 11.5. The van der Waals surface area contributed by atoms with E-state index in [0.717, 1.165) is 33.3 Å². The number of fused-ring (bicyclic) bond motifs is 1. The van der Waals surface area contributed by atoms with Gasteiger partial charge in [-0.05, 0) is 75.6 Å². The van der Waals surface area contributed by atoms with Crippen LogP contribution in [0.2, 0.25) is 5.02 Å². The van der Waals surface area contributed by atoms with E-state index in [4.69, 9.17) is 26.1 Å². The number of carbonyl (C=O) groups is 1. The van der Waals surface area contributed by atoms with Crippen molar-refractivity contribution in [3.63, 3.8) is 0 Å². The number of ether oxygens (including phenoxy) is 2. The fourth-order valence-electron chi connectivity index (χ4n) is 3.60. The fourth-order valence-corrected chi connectivity index (χ4v) is 3.73. The van der Waals surface area contributed by atoms with Crippen molar-refractivity contribution in [3.8, 4) is 11.1 Å². The molecule has 0 saturated carbocycles. The fraction of sp³-hybridized carbons (Fsp3) is 0.360. The lowest BCUT2D eigenvalue weighted by Gasteiger charge is -2.28. The maximum absolute atomic E-state index is 12.3. The van der Waals surface area contributed by atoms with E-state index < -0.39 is 17.7 Å². The van der Waals surface area contributed by atoms with Crippen LogP contribution in [-0.2, 0) is 20.9 Å². The molecular formula is C25H28ClNO4. The number of pyridine rings is 1. The number of benzene rings is 2. The Kier molecular flexibility index (Phi) is 6.99. The zero-order chi connectivity index (χ0) is 22.8. The minimum absolute atomic E-state index is 0.425. The van der Waals surface area contributed by atoms with E-state index >= 15 is 0 Å². The van der Waals surface area contributed by atoms with Crippen molar-refractivity contribution >= 4 is 28.5 Å². The van der Waals surface area contributed by atoms with Gasteiger partial charge in [-0.3, -0.25) is 4.98 Å². The van der Waals surface area contributed by atoms with Gasteiger partial charge in [-0.2, -0.15) is 0 Å². The van der Waals surface area contributed by atoms with Gasteiger partial charge >= 0.3 is 5.97 Å². The molecule has 0 aliphatic carbocycles. The Morgan fingerprint density at radius 3 is 2.42 bits per heavy atom. The molecule has 0 unspecified atom stereocenters. The average Bonchev–Trinajstić information content (AvgIpc) is 2.69. The SMILES string of the molecule is CCOCc1ccc2c(-c3ccc(Cl)cc3)c([C@H](OC(C)(C)C)C(=O)O)c(C)cc2n1. The highest BCUT2D eigenvalue weighted by atomic mass is 35.5. The Bertz CT molecular complexity index is 1090. The van der Waals surface area contributed by atoms with Gasteiger partial charge in [-0.1, -0.05) is 29.8 Å². The van der Waals surface area contributed by atoms with Crippen molar-refractivity contribution < 1.29 is 19.4 Å². The number of hydrogen-bond acceptors (Lipinski definition) is 4. The summed E-state index contributed by atoms with van der Waals surface area (Å²) in [6, 6.07) is 13.2. The van der Waals surface area contributed by atoms with Crippen LogP contribution in [0.4, 0.5) is 0 Å². The summed E-state index contributed by atoms with van der Waals surface area (Å²) in [6.07, 6.45) is -1.13. The quantitative estimate of drug-likeness (QED) is 0.463. The molecule has 1 aromatic heterocycles. The number of rotatable bonds is 7. The third-order valence-electron chi connectivity index (χ3n) is 4.84. The van der Waals surface area contributed by atoms with Crippen LogP contribution in [0.3, 0.4) is 0 Å². The molecule has 164 valence electrons. The van der Waals surface area contributed by atoms with Crippen molar-refractivity contribution in [2.45, 2.75) is 52.9 Å². The largest absolute Gasteiger partial charge is 0.479 e. The van der Waals surface area contributed by atoms with E-state index in [9.17, 15) is 9.90 Å². The van der Waals surface area contributed by atoms with E-state index in [1.54, 1.807) is 12.1 Å². The summed E-state index contributed by atoms with van der Waals surface area (Å²) in [6.45, 7) is 10.4. The number of carboxylic acids is 1. The highest BCUT2D eigenvalue weighted by Gasteiger charge is 2.31. The molecule has 0 aliphatic heterocycles. The molecule has 0 aliphatic rings. The van der Waals surface area contributed by atoms with Gasteiger partial charge in [0.25, 0.3) is 0 Å². The van der Waals surface area contributed by atoms with Gasteiger partial charge in [0.1, 0.15) is 0 Å². The van der Waals surface area contributed by atoms with Gasteiger partial charge in [0.05, 0.1) is 23.4 Å². The number of hydrogen-bond donors (Lipinski definition) is 1. The lowest BCUT2D eigenvalue weighted by Crippen LogP contribution is -2.28. The van der Waals surface area contributed by atoms with Crippen molar-refractivity contribution in [1.82, 2.24) is 4.98 Å². The van der Waals surface area contributed by atoms with E-state index in [0.29, 0.717) is 23.8 Å². The van der Waals surface area contributed by atoms with Crippen LogP contribution in [0.5, 0.6) is 0 Å². The molecule has 2 aromatic carbocycles. The topological polar surface area (TPSA) is 68.7 Å². The summed E-state index contributed by atoms with van der Waals surface area (Å²) in [5, 5.41) is 11.5. The predicted octanol–water partition coefficient (Wildman–Crippen LogP) is 6.34. The minimum atomic E-state index is -1.13. The Morgan fingerprint density at radius 2 is 1.84 bits per heavy atom. The van der Waals surface area contributed by atoms with Gasteiger partial charge in [0, 0.05) is 22.6 Å². The van der Waals surface area contributed by atoms with Gasteiger partial charge < -0.3 is 14.6 Å². The zero-order valence-electron chi connectivity index (χ0n) is 18.5. The number of nitrogens with zero attached hydrogens (tertiary/aromatic N) is 1. The normalized spacial score (nSPS) is 12.8. The molecule has 0 saturated heterocycles. The summed E-state index contributed by atoms with van der Waals surface area (Å²) in [7, 11) is 0. The Balaban J connectivity index is 2.31. The molecule has 0 bridgehead atoms. The second-order valence-electron chi connectivity index (χ2n) is 8.44. The number of carboxylic acid groups (broad SMARTS) is 1. The molecule has 31 heavy (non-hydrogen) atoms. The highest BCUT2D eigenvalue weighted by Crippen LogP contribution is 2.40. The van der Waals surface area contributed by atoms with Gasteiger partial charge in [-0.25, -0.2) is 4.79 Å². The molecule has 3 aromatic rings. The Labute approximate surface area is 188 Å². The van der Waals surface area contributed by atoms with Crippen molar-refractivity contribution in [1.29, 1.82) is 0 Å². The summed E-state index contributed by atoms with van der Waals surface area (Å²) in [4.78, 5) is 17.1. The van der Waals surface area contributed by atoms with Crippen LogP contribution in [-0.4, -0.2) is 28.3 Å². The second-order valence-corrected chi connectivity index (χ2v) is 8.88. The first-order valence-corrected chi connectivity index (χ1v) is 10.7. The van der Waals surface area contributed by atoms with Crippen LogP contribution >= 0.6 is 11.6 Å². The first-order valence-electron chi connectivity index (χ1n) is 10.3. The van der Waals surface area contributed by atoms with Gasteiger partial charge in [0.2, 0.25) is 0 Å². The average molecular weight is 442 g/mol. The van der Waals surface area contributed by atoms with Crippen molar-refractivity contribution in [2.24, 2.45) is 0 Å². The summed E-state index contributed by atoms with van der Waals surface area (Å²) >= 11 is 6.11. The van der Waals surface area contributed by atoms with Crippen LogP contribution in [0, 0.1) is 6.92 Å². The molecule has 0 radical (unpaired) electrons. The molecule has 0 spiro atoms. The molecule has 1 atom stereocenters. The van der Waals surface area contributed by atoms with Crippen LogP contribution in [0.15, 0.2) is 42.5 Å². The van der Waals surface area contributed by atoms with Gasteiger partial charge in [0.15, 0.2) is 6.10 Å². The van der Waals surface area contributed by atoms with E-state index in [1.807, 2.05) is 65.0 Å². The third kappa shape index (κ3) is 5.42.